The highest BCUT2D eigenvalue weighted by molar-refractivity contribution is 5.76. The molecule has 0 amide bonds. The molecule has 2 aromatic heterocycles. The van der Waals surface area contributed by atoms with Gasteiger partial charge in [-0.25, -0.2) is 4.98 Å². The van der Waals surface area contributed by atoms with Crippen LogP contribution in [0.5, 0.6) is 0 Å². The Labute approximate surface area is 124 Å². The number of likely N-dealkylation sites (N-methyl/N-ethyl adjacent to an activating group) is 1. The smallest absolute Gasteiger partial charge is 0.323 e. The summed E-state index contributed by atoms with van der Waals surface area (Å²) in [4.78, 5) is 25.5. The molecule has 0 aliphatic rings. The van der Waals surface area contributed by atoms with Gasteiger partial charge in [-0.05, 0) is 18.7 Å². The molecule has 0 bridgehead atoms. The molecule has 1 atom stereocenters. The van der Waals surface area contributed by atoms with E-state index in [4.69, 9.17) is 4.74 Å². The summed E-state index contributed by atoms with van der Waals surface area (Å²) in [5.41, 5.74) is 1.84. The summed E-state index contributed by atoms with van der Waals surface area (Å²) < 4.78 is 4.95. The zero-order valence-corrected chi connectivity index (χ0v) is 12.3. The zero-order chi connectivity index (χ0) is 15.1. The average Bonchev–Trinajstić information content (AvgIpc) is 3.04. The average molecular weight is 288 g/mol. The van der Waals surface area contributed by atoms with Crippen LogP contribution in [0.3, 0.4) is 0 Å². The van der Waals surface area contributed by atoms with Gasteiger partial charge in [0.05, 0.1) is 19.1 Å². The lowest BCUT2D eigenvalue weighted by Crippen LogP contribution is -2.43. The van der Waals surface area contributed by atoms with Crippen molar-refractivity contribution < 1.29 is 9.53 Å². The summed E-state index contributed by atoms with van der Waals surface area (Å²) >= 11 is 0. The number of carbonyl (C=O) groups is 1. The monoisotopic (exact) mass is 288 g/mol. The molecule has 0 spiro atoms. The summed E-state index contributed by atoms with van der Waals surface area (Å²) in [6.07, 6.45) is 5.63. The van der Waals surface area contributed by atoms with Gasteiger partial charge in [0.15, 0.2) is 0 Å². The maximum atomic E-state index is 12.1. The molecule has 0 aliphatic carbocycles. The van der Waals surface area contributed by atoms with Crippen LogP contribution in [-0.4, -0.2) is 45.5 Å². The lowest BCUT2D eigenvalue weighted by molar-refractivity contribution is -0.147. The molecule has 6 heteroatoms. The minimum absolute atomic E-state index is 0.248. The molecule has 6 nitrogen and oxygen atoms in total. The van der Waals surface area contributed by atoms with Crippen molar-refractivity contribution in [3.63, 3.8) is 0 Å². The number of carbonyl (C=O) groups excluding carboxylic acids is 1. The third kappa shape index (κ3) is 4.13. The maximum absolute atomic E-state index is 12.1. The van der Waals surface area contributed by atoms with Gasteiger partial charge in [0.2, 0.25) is 0 Å². The van der Waals surface area contributed by atoms with Gasteiger partial charge < -0.3 is 9.72 Å². The van der Waals surface area contributed by atoms with Crippen LogP contribution in [0.4, 0.5) is 0 Å². The second kappa shape index (κ2) is 7.54. The number of aromatic nitrogens is 3. The number of ether oxygens (including phenoxy) is 1. The first-order valence-corrected chi connectivity index (χ1v) is 6.93. The number of esters is 1. The molecule has 1 N–H and O–H groups in total. The molecule has 0 radical (unpaired) electrons. The zero-order valence-electron chi connectivity index (χ0n) is 12.3. The Morgan fingerprint density at radius 3 is 2.90 bits per heavy atom. The molecular formula is C15H20N4O2. The van der Waals surface area contributed by atoms with Crippen LogP contribution in [0.1, 0.15) is 18.3 Å². The fourth-order valence-corrected chi connectivity index (χ4v) is 2.24. The van der Waals surface area contributed by atoms with Gasteiger partial charge >= 0.3 is 5.97 Å². The molecule has 0 aliphatic heterocycles. The fraction of sp³-hybridized carbons (Fsp3) is 0.400. The number of methoxy groups -OCH3 is 1. The third-order valence-corrected chi connectivity index (χ3v) is 3.38. The van der Waals surface area contributed by atoms with E-state index in [1.807, 2.05) is 25.1 Å². The highest BCUT2D eigenvalue weighted by Crippen LogP contribution is 2.12. The number of nitrogens with zero attached hydrogens (tertiary/aromatic N) is 3. The molecule has 2 aromatic rings. The molecule has 2 rings (SSSR count). The van der Waals surface area contributed by atoms with E-state index in [9.17, 15) is 4.79 Å². The standard InChI is InChI=1S/C15H20N4O2/c1-3-19(10-12-6-4-5-7-17-12)14(15(20)21-2)8-13-9-16-11-18-13/h4-7,9,11,14H,3,8,10H2,1-2H3,(H,16,18)/t14-/m0/s1. The van der Waals surface area contributed by atoms with Crippen molar-refractivity contribution in [3.05, 3.63) is 48.3 Å². The molecule has 0 fully saturated rings. The minimum Gasteiger partial charge on any atom is -0.468 e. The Balaban J connectivity index is 2.14. The Morgan fingerprint density at radius 1 is 1.48 bits per heavy atom. The van der Waals surface area contributed by atoms with Crippen LogP contribution in [0, 0.1) is 0 Å². The van der Waals surface area contributed by atoms with Crippen LogP contribution in [0.25, 0.3) is 0 Å². The van der Waals surface area contributed by atoms with Crippen molar-refractivity contribution in [2.45, 2.75) is 25.9 Å². The second-order valence-corrected chi connectivity index (χ2v) is 4.70. The van der Waals surface area contributed by atoms with E-state index in [1.54, 1.807) is 18.7 Å². The van der Waals surface area contributed by atoms with Crippen molar-refractivity contribution in [2.24, 2.45) is 0 Å². The predicted molar refractivity (Wildman–Crippen MR) is 78.4 cm³/mol. The highest BCUT2D eigenvalue weighted by Gasteiger charge is 2.27. The second-order valence-electron chi connectivity index (χ2n) is 4.70. The van der Waals surface area contributed by atoms with Gasteiger partial charge in [0.25, 0.3) is 0 Å². The first-order valence-electron chi connectivity index (χ1n) is 6.93. The highest BCUT2D eigenvalue weighted by atomic mass is 16.5. The molecular weight excluding hydrogens is 268 g/mol. The number of hydrogen-bond acceptors (Lipinski definition) is 5. The third-order valence-electron chi connectivity index (χ3n) is 3.38. The molecule has 112 valence electrons. The van der Waals surface area contributed by atoms with Crippen LogP contribution in [0.15, 0.2) is 36.9 Å². The number of aromatic amines is 1. The SMILES string of the molecule is CCN(Cc1ccccn1)[C@@H](Cc1cnc[nH]1)C(=O)OC. The van der Waals surface area contributed by atoms with Gasteiger partial charge in [0, 0.05) is 31.1 Å². The Hall–Kier alpha value is -2.21. The number of hydrogen-bond donors (Lipinski definition) is 1. The van der Waals surface area contributed by atoms with E-state index in [1.165, 1.54) is 7.11 Å². The van der Waals surface area contributed by atoms with E-state index in [2.05, 4.69) is 19.9 Å². The lowest BCUT2D eigenvalue weighted by atomic mass is 10.1. The Bertz CT molecular complexity index is 542. The quantitative estimate of drug-likeness (QED) is 0.780. The number of imidazole rings is 1. The summed E-state index contributed by atoms with van der Waals surface area (Å²) in [5, 5.41) is 0. The van der Waals surface area contributed by atoms with Crippen molar-refractivity contribution in [1.29, 1.82) is 0 Å². The number of H-pyrrole nitrogens is 1. The largest absolute Gasteiger partial charge is 0.468 e. The van der Waals surface area contributed by atoms with Crippen molar-refractivity contribution in [3.8, 4) is 0 Å². The number of rotatable bonds is 7. The maximum Gasteiger partial charge on any atom is 0.323 e. The van der Waals surface area contributed by atoms with Gasteiger partial charge in [0.1, 0.15) is 6.04 Å². The molecule has 2 heterocycles. The minimum atomic E-state index is -0.359. The van der Waals surface area contributed by atoms with Crippen LogP contribution in [-0.2, 0) is 22.5 Å². The topological polar surface area (TPSA) is 71.1 Å². The summed E-state index contributed by atoms with van der Waals surface area (Å²) in [5.74, 6) is -0.248. The van der Waals surface area contributed by atoms with Gasteiger partial charge in [-0.15, -0.1) is 0 Å². The van der Waals surface area contributed by atoms with Crippen LogP contribution in [0.2, 0.25) is 0 Å². The van der Waals surface area contributed by atoms with E-state index >= 15 is 0 Å². The summed E-state index contributed by atoms with van der Waals surface area (Å²) in [7, 11) is 1.41. The van der Waals surface area contributed by atoms with Gasteiger partial charge in [-0.3, -0.25) is 14.7 Å². The molecule has 0 aromatic carbocycles. The molecule has 0 saturated carbocycles. The van der Waals surface area contributed by atoms with E-state index in [0.29, 0.717) is 13.0 Å². The summed E-state index contributed by atoms with van der Waals surface area (Å²) in [6, 6.07) is 5.41. The predicted octanol–water partition coefficient (Wildman–Crippen LogP) is 1.41. The molecule has 0 unspecified atom stereocenters. The number of pyridine rings is 1. The van der Waals surface area contributed by atoms with Crippen molar-refractivity contribution in [2.75, 3.05) is 13.7 Å². The van der Waals surface area contributed by atoms with E-state index in [0.717, 1.165) is 17.9 Å². The fourth-order valence-electron chi connectivity index (χ4n) is 2.24. The van der Waals surface area contributed by atoms with Crippen molar-refractivity contribution >= 4 is 5.97 Å². The first kappa shape index (κ1) is 15.2. The lowest BCUT2D eigenvalue weighted by Gasteiger charge is -2.28. The molecule has 21 heavy (non-hydrogen) atoms. The first-order chi connectivity index (χ1) is 10.2. The van der Waals surface area contributed by atoms with E-state index < -0.39 is 0 Å². The van der Waals surface area contributed by atoms with Crippen LogP contribution < -0.4 is 0 Å². The Kier molecular flexibility index (Phi) is 5.45. The van der Waals surface area contributed by atoms with Gasteiger partial charge in [-0.2, -0.15) is 0 Å². The summed E-state index contributed by atoms with van der Waals surface area (Å²) in [6.45, 7) is 3.35. The van der Waals surface area contributed by atoms with Crippen molar-refractivity contribution in [1.82, 2.24) is 19.9 Å². The van der Waals surface area contributed by atoms with Gasteiger partial charge in [-0.1, -0.05) is 13.0 Å². The molecule has 0 saturated heterocycles. The van der Waals surface area contributed by atoms with Crippen LogP contribution >= 0.6 is 0 Å². The Morgan fingerprint density at radius 2 is 2.33 bits per heavy atom. The normalized spacial score (nSPS) is 12.3. The van der Waals surface area contributed by atoms with E-state index in [-0.39, 0.29) is 12.0 Å². The number of nitrogens with one attached hydrogen (secondary N) is 1.